The fourth-order valence-corrected chi connectivity index (χ4v) is 3.29. The Balaban J connectivity index is 2.22. The largest absolute Gasteiger partial charge is 0.117 e. The summed E-state index contributed by atoms with van der Waals surface area (Å²) >= 11 is 10.1. The third kappa shape index (κ3) is 3.15. The van der Waals surface area contributed by atoms with Gasteiger partial charge in [0.15, 0.2) is 0 Å². The second-order valence-electron chi connectivity index (χ2n) is 4.62. The van der Waals surface area contributed by atoms with Gasteiger partial charge in [-0.15, -0.1) is 11.6 Å². The molecular formula is C16H16BrCl. The maximum atomic E-state index is 6.54. The molecular weight excluding hydrogens is 308 g/mol. The van der Waals surface area contributed by atoms with Crippen molar-refractivity contribution in [3.05, 3.63) is 69.2 Å². The SMILES string of the molecule is Cc1ccc(C(Cl)Cc2ccccc2C)c(Br)c1. The highest BCUT2D eigenvalue weighted by Crippen LogP contribution is 2.32. The Kier molecular flexibility index (Phi) is 4.47. The zero-order chi connectivity index (χ0) is 13.1. The molecule has 1 atom stereocenters. The van der Waals surface area contributed by atoms with Crippen molar-refractivity contribution >= 4 is 27.5 Å². The Labute approximate surface area is 122 Å². The molecule has 18 heavy (non-hydrogen) atoms. The normalized spacial score (nSPS) is 12.4. The van der Waals surface area contributed by atoms with Crippen molar-refractivity contribution in [2.75, 3.05) is 0 Å². The van der Waals surface area contributed by atoms with Crippen LogP contribution in [0, 0.1) is 13.8 Å². The van der Waals surface area contributed by atoms with Crippen molar-refractivity contribution < 1.29 is 0 Å². The number of benzene rings is 2. The summed E-state index contributed by atoms with van der Waals surface area (Å²) in [6, 6.07) is 14.7. The van der Waals surface area contributed by atoms with Crippen LogP contribution in [0.25, 0.3) is 0 Å². The molecule has 2 heteroatoms. The maximum absolute atomic E-state index is 6.54. The van der Waals surface area contributed by atoms with Gasteiger partial charge in [0.1, 0.15) is 0 Å². The van der Waals surface area contributed by atoms with E-state index in [1.807, 2.05) is 0 Å². The van der Waals surface area contributed by atoms with Gasteiger partial charge in [-0.1, -0.05) is 52.3 Å². The lowest BCUT2D eigenvalue weighted by Crippen LogP contribution is -1.99. The number of rotatable bonds is 3. The van der Waals surface area contributed by atoms with Crippen molar-refractivity contribution in [1.82, 2.24) is 0 Å². The van der Waals surface area contributed by atoms with Gasteiger partial charge in [-0.3, -0.25) is 0 Å². The average molecular weight is 324 g/mol. The van der Waals surface area contributed by atoms with E-state index in [1.54, 1.807) is 0 Å². The molecule has 1 unspecified atom stereocenters. The minimum atomic E-state index is 0.000995. The summed E-state index contributed by atoms with van der Waals surface area (Å²) in [6.07, 6.45) is 0.857. The van der Waals surface area contributed by atoms with Crippen LogP contribution in [0.2, 0.25) is 0 Å². The van der Waals surface area contributed by atoms with Gasteiger partial charge in [0.25, 0.3) is 0 Å². The van der Waals surface area contributed by atoms with Gasteiger partial charge < -0.3 is 0 Å². The lowest BCUT2D eigenvalue weighted by Gasteiger charge is -2.14. The number of halogens is 2. The predicted octanol–water partition coefficient (Wildman–Crippen LogP) is 5.59. The summed E-state index contributed by atoms with van der Waals surface area (Å²) in [5.41, 5.74) is 5.01. The fraction of sp³-hybridized carbons (Fsp3) is 0.250. The zero-order valence-corrected chi connectivity index (χ0v) is 12.9. The Morgan fingerprint density at radius 2 is 1.83 bits per heavy atom. The molecule has 0 fully saturated rings. The molecule has 94 valence electrons. The number of alkyl halides is 1. The molecule has 0 aliphatic rings. The molecule has 0 amide bonds. The monoisotopic (exact) mass is 322 g/mol. The topological polar surface area (TPSA) is 0 Å². The summed E-state index contributed by atoms with van der Waals surface area (Å²) in [7, 11) is 0. The van der Waals surface area contributed by atoms with Gasteiger partial charge in [0, 0.05) is 4.47 Å². The molecule has 0 N–H and O–H groups in total. The minimum Gasteiger partial charge on any atom is -0.117 e. The van der Waals surface area contributed by atoms with Crippen LogP contribution in [0.4, 0.5) is 0 Å². The number of hydrogen-bond donors (Lipinski definition) is 0. The van der Waals surface area contributed by atoms with Gasteiger partial charge in [0.05, 0.1) is 5.38 Å². The van der Waals surface area contributed by atoms with Crippen molar-refractivity contribution in [2.24, 2.45) is 0 Å². The van der Waals surface area contributed by atoms with Crippen LogP contribution < -0.4 is 0 Å². The molecule has 2 aromatic carbocycles. The Morgan fingerprint density at radius 1 is 1.11 bits per heavy atom. The first-order valence-electron chi connectivity index (χ1n) is 6.02. The zero-order valence-electron chi connectivity index (χ0n) is 10.6. The van der Waals surface area contributed by atoms with E-state index in [2.05, 4.69) is 72.2 Å². The van der Waals surface area contributed by atoms with Gasteiger partial charge >= 0.3 is 0 Å². The molecule has 0 nitrogen and oxygen atoms in total. The quantitative estimate of drug-likeness (QED) is 0.646. The van der Waals surface area contributed by atoms with Crippen LogP contribution >= 0.6 is 27.5 Å². The van der Waals surface area contributed by atoms with Gasteiger partial charge in [-0.2, -0.15) is 0 Å². The molecule has 0 bridgehead atoms. The molecule has 0 spiro atoms. The van der Waals surface area contributed by atoms with Crippen molar-refractivity contribution in [2.45, 2.75) is 25.6 Å². The Hall–Kier alpha value is -0.790. The molecule has 0 heterocycles. The smallest absolute Gasteiger partial charge is 0.0636 e. The van der Waals surface area contributed by atoms with Crippen molar-refractivity contribution in [1.29, 1.82) is 0 Å². The fourth-order valence-electron chi connectivity index (χ4n) is 2.03. The van der Waals surface area contributed by atoms with Gasteiger partial charge in [-0.05, 0) is 48.6 Å². The molecule has 0 aromatic heterocycles. The molecule has 0 radical (unpaired) electrons. The summed E-state index contributed by atoms with van der Waals surface area (Å²) in [5, 5.41) is 0.000995. The highest BCUT2D eigenvalue weighted by Gasteiger charge is 2.13. The van der Waals surface area contributed by atoms with Crippen molar-refractivity contribution in [3.63, 3.8) is 0 Å². The van der Waals surface area contributed by atoms with Crippen LogP contribution in [0.3, 0.4) is 0 Å². The standard InChI is InChI=1S/C16H16BrCl/c1-11-7-8-14(15(17)9-11)16(18)10-13-6-4-3-5-12(13)2/h3-9,16H,10H2,1-2H3. The van der Waals surface area contributed by atoms with Crippen molar-refractivity contribution in [3.8, 4) is 0 Å². The maximum Gasteiger partial charge on any atom is 0.0636 e. The van der Waals surface area contributed by atoms with Crippen LogP contribution in [0.1, 0.15) is 27.6 Å². The summed E-state index contributed by atoms with van der Waals surface area (Å²) < 4.78 is 1.09. The lowest BCUT2D eigenvalue weighted by molar-refractivity contribution is 0.905. The van der Waals surface area contributed by atoms with E-state index < -0.39 is 0 Å². The number of aryl methyl sites for hydroxylation is 2. The molecule has 0 aliphatic carbocycles. The van der Waals surface area contributed by atoms with E-state index in [4.69, 9.17) is 11.6 Å². The van der Waals surface area contributed by atoms with Crippen LogP contribution in [0.5, 0.6) is 0 Å². The first-order valence-corrected chi connectivity index (χ1v) is 7.25. The van der Waals surface area contributed by atoms with Crippen LogP contribution in [-0.4, -0.2) is 0 Å². The summed E-state index contributed by atoms with van der Waals surface area (Å²) in [5.74, 6) is 0. The number of hydrogen-bond acceptors (Lipinski definition) is 0. The third-order valence-corrected chi connectivity index (χ3v) is 4.23. The molecule has 0 aliphatic heterocycles. The minimum absolute atomic E-state index is 0.000995. The molecule has 0 saturated carbocycles. The van der Waals surface area contributed by atoms with E-state index >= 15 is 0 Å². The van der Waals surface area contributed by atoms with Gasteiger partial charge in [0.2, 0.25) is 0 Å². The molecule has 2 aromatic rings. The Morgan fingerprint density at radius 3 is 2.50 bits per heavy atom. The van der Waals surface area contributed by atoms with E-state index in [0.717, 1.165) is 16.5 Å². The highest BCUT2D eigenvalue weighted by molar-refractivity contribution is 9.10. The molecule has 0 saturated heterocycles. The highest BCUT2D eigenvalue weighted by atomic mass is 79.9. The average Bonchev–Trinajstić information content (AvgIpc) is 2.32. The van der Waals surface area contributed by atoms with E-state index in [-0.39, 0.29) is 5.38 Å². The van der Waals surface area contributed by atoms with Crippen LogP contribution in [-0.2, 0) is 6.42 Å². The van der Waals surface area contributed by atoms with Crippen LogP contribution in [0.15, 0.2) is 46.9 Å². The van der Waals surface area contributed by atoms with E-state index in [9.17, 15) is 0 Å². The molecule has 2 rings (SSSR count). The second kappa shape index (κ2) is 5.90. The van der Waals surface area contributed by atoms with E-state index in [1.165, 1.54) is 16.7 Å². The Bertz CT molecular complexity index is 549. The second-order valence-corrected chi connectivity index (χ2v) is 6.00. The first kappa shape index (κ1) is 13.6. The summed E-state index contributed by atoms with van der Waals surface area (Å²) in [4.78, 5) is 0. The first-order chi connectivity index (χ1) is 8.58. The van der Waals surface area contributed by atoms with Gasteiger partial charge in [-0.25, -0.2) is 0 Å². The van der Waals surface area contributed by atoms with E-state index in [0.29, 0.717) is 0 Å². The predicted molar refractivity (Wildman–Crippen MR) is 82.4 cm³/mol. The third-order valence-electron chi connectivity index (χ3n) is 3.15. The lowest BCUT2D eigenvalue weighted by atomic mass is 10.00. The summed E-state index contributed by atoms with van der Waals surface area (Å²) in [6.45, 7) is 4.21.